The van der Waals surface area contributed by atoms with Crippen LogP contribution in [0.5, 0.6) is 0 Å². The monoisotopic (exact) mass is 314 g/mol. The number of nitrogens with zero attached hydrogens (tertiary/aromatic N) is 2. The van der Waals surface area contributed by atoms with Gasteiger partial charge in [0.25, 0.3) is 0 Å². The van der Waals surface area contributed by atoms with Gasteiger partial charge in [-0.1, -0.05) is 0 Å². The Kier molecular flexibility index (Phi) is 2.68. The molecule has 0 radical (unpaired) electrons. The number of carbonyl (C=O) groups is 1. The van der Waals surface area contributed by atoms with Gasteiger partial charge in [0.1, 0.15) is 5.60 Å². The first-order chi connectivity index (χ1) is 11.2. The molecule has 4 saturated heterocycles. The highest BCUT2D eigenvalue weighted by atomic mass is 16.6. The molecule has 0 saturated carbocycles. The fraction of sp³-hybridized carbons (Fsp3) is 0.471. The van der Waals surface area contributed by atoms with Crippen molar-refractivity contribution in [1.29, 1.82) is 0 Å². The average Bonchev–Trinajstić information content (AvgIpc) is 3.28. The highest BCUT2D eigenvalue weighted by Gasteiger charge is 2.56. The second-order valence-electron chi connectivity index (χ2n) is 6.68. The van der Waals surface area contributed by atoms with E-state index in [4.69, 9.17) is 13.6 Å². The van der Waals surface area contributed by atoms with Crippen LogP contribution in [-0.2, 0) is 4.74 Å². The van der Waals surface area contributed by atoms with Crippen molar-refractivity contribution in [2.75, 3.05) is 31.1 Å². The van der Waals surface area contributed by atoms with Crippen LogP contribution in [0.3, 0.4) is 0 Å². The molecule has 1 atom stereocenters. The van der Waals surface area contributed by atoms with Gasteiger partial charge in [-0.3, -0.25) is 4.90 Å². The molecular weight excluding hydrogens is 296 g/mol. The van der Waals surface area contributed by atoms with Gasteiger partial charge in [-0.05, 0) is 44.1 Å². The van der Waals surface area contributed by atoms with Crippen molar-refractivity contribution in [1.82, 2.24) is 4.90 Å². The molecule has 1 amide bonds. The standard InChI is InChI=1S/C17H18N2O4/c20-16-19(15-4-3-14(22-15)13-2-1-9-21-13)11-17(23-16)10-18-7-5-12(17)6-8-18/h1-4,9,12H,5-8,10-11H2. The van der Waals surface area contributed by atoms with Crippen LogP contribution in [0.15, 0.2) is 39.4 Å². The number of amides is 1. The molecule has 2 aromatic heterocycles. The van der Waals surface area contributed by atoms with Gasteiger partial charge in [0.05, 0.1) is 12.8 Å². The molecule has 1 spiro atoms. The van der Waals surface area contributed by atoms with Crippen molar-refractivity contribution in [3.05, 3.63) is 30.5 Å². The molecular formula is C17H18N2O4. The first-order valence-corrected chi connectivity index (χ1v) is 8.10. The molecule has 0 aromatic carbocycles. The second-order valence-corrected chi connectivity index (χ2v) is 6.68. The van der Waals surface area contributed by atoms with Crippen LogP contribution in [0, 0.1) is 5.92 Å². The molecule has 6 nitrogen and oxygen atoms in total. The summed E-state index contributed by atoms with van der Waals surface area (Å²) >= 11 is 0. The number of piperidine rings is 3. The molecule has 2 bridgehead atoms. The normalized spacial score (nSPS) is 32.7. The van der Waals surface area contributed by atoms with E-state index in [-0.39, 0.29) is 11.7 Å². The number of rotatable bonds is 2. The molecule has 23 heavy (non-hydrogen) atoms. The third kappa shape index (κ3) is 1.94. The van der Waals surface area contributed by atoms with Gasteiger partial charge in [0.15, 0.2) is 11.5 Å². The number of ether oxygens (including phenoxy) is 1. The van der Waals surface area contributed by atoms with Gasteiger partial charge in [0.2, 0.25) is 5.88 Å². The minimum absolute atomic E-state index is 0.306. The molecule has 6 rings (SSSR count). The molecule has 2 aromatic rings. The van der Waals surface area contributed by atoms with Crippen molar-refractivity contribution >= 4 is 12.0 Å². The van der Waals surface area contributed by atoms with Crippen molar-refractivity contribution in [3.63, 3.8) is 0 Å². The summed E-state index contributed by atoms with van der Waals surface area (Å²) in [6.07, 6.45) is 3.51. The van der Waals surface area contributed by atoms with Crippen LogP contribution in [0.1, 0.15) is 12.8 Å². The van der Waals surface area contributed by atoms with E-state index in [0.717, 1.165) is 32.5 Å². The number of furan rings is 2. The lowest BCUT2D eigenvalue weighted by atomic mass is 9.75. The van der Waals surface area contributed by atoms with E-state index >= 15 is 0 Å². The topological polar surface area (TPSA) is 59.1 Å². The number of anilines is 1. The molecule has 6 heteroatoms. The highest BCUT2D eigenvalue weighted by molar-refractivity contribution is 5.89. The molecule has 4 fully saturated rings. The Morgan fingerprint density at radius 3 is 2.65 bits per heavy atom. The first kappa shape index (κ1) is 13.2. The van der Waals surface area contributed by atoms with Crippen molar-refractivity contribution < 1.29 is 18.4 Å². The summed E-state index contributed by atoms with van der Waals surface area (Å²) in [7, 11) is 0. The first-order valence-electron chi connectivity index (χ1n) is 8.10. The van der Waals surface area contributed by atoms with Crippen molar-refractivity contribution in [3.8, 4) is 11.5 Å². The van der Waals surface area contributed by atoms with Crippen LogP contribution in [0.2, 0.25) is 0 Å². The molecule has 4 aliphatic rings. The molecule has 4 aliphatic heterocycles. The molecule has 120 valence electrons. The summed E-state index contributed by atoms with van der Waals surface area (Å²) in [6, 6.07) is 7.27. The van der Waals surface area contributed by atoms with Gasteiger partial charge in [-0.25, -0.2) is 9.69 Å². The summed E-state index contributed by atoms with van der Waals surface area (Å²) in [5.74, 6) is 2.25. The molecule has 6 heterocycles. The molecule has 1 unspecified atom stereocenters. The number of hydrogen-bond donors (Lipinski definition) is 0. The maximum absolute atomic E-state index is 12.4. The summed E-state index contributed by atoms with van der Waals surface area (Å²) in [6.45, 7) is 3.64. The Labute approximate surface area is 133 Å². The molecule has 0 N–H and O–H groups in total. The average molecular weight is 314 g/mol. The van der Waals surface area contributed by atoms with E-state index in [0.29, 0.717) is 29.9 Å². The lowest BCUT2D eigenvalue weighted by Crippen LogP contribution is -2.61. The highest BCUT2D eigenvalue weighted by Crippen LogP contribution is 2.43. The SMILES string of the molecule is O=C1OC2(CN3CCC2CC3)CN1c1ccc(-c2ccco2)o1. The van der Waals surface area contributed by atoms with Gasteiger partial charge < -0.3 is 13.6 Å². The summed E-state index contributed by atoms with van der Waals surface area (Å²) in [5, 5.41) is 0. The third-order valence-electron chi connectivity index (χ3n) is 5.38. The number of carbonyl (C=O) groups excluding carboxylic acids is 1. The van der Waals surface area contributed by atoms with Crippen molar-refractivity contribution in [2.45, 2.75) is 18.4 Å². The van der Waals surface area contributed by atoms with Gasteiger partial charge in [0, 0.05) is 18.5 Å². The number of fused-ring (bicyclic) bond motifs is 2. The minimum Gasteiger partial charge on any atom is -0.461 e. The zero-order chi connectivity index (χ0) is 15.4. The maximum Gasteiger partial charge on any atom is 0.417 e. The Balaban J connectivity index is 1.43. The smallest absolute Gasteiger partial charge is 0.417 e. The molecule has 0 aliphatic carbocycles. The summed E-state index contributed by atoms with van der Waals surface area (Å²) in [4.78, 5) is 16.4. The van der Waals surface area contributed by atoms with E-state index in [1.807, 2.05) is 18.2 Å². The van der Waals surface area contributed by atoms with Crippen LogP contribution in [0.25, 0.3) is 11.5 Å². The quantitative estimate of drug-likeness (QED) is 0.853. The van der Waals surface area contributed by atoms with Gasteiger partial charge >= 0.3 is 6.09 Å². The lowest BCUT2D eigenvalue weighted by Gasteiger charge is -2.49. The predicted molar refractivity (Wildman–Crippen MR) is 82.1 cm³/mol. The van der Waals surface area contributed by atoms with Crippen LogP contribution < -0.4 is 4.90 Å². The van der Waals surface area contributed by atoms with Gasteiger partial charge in [-0.15, -0.1) is 0 Å². The van der Waals surface area contributed by atoms with E-state index in [1.54, 1.807) is 17.2 Å². The Morgan fingerprint density at radius 1 is 1.09 bits per heavy atom. The second kappa shape index (κ2) is 4.64. The minimum atomic E-state index is -0.370. The van der Waals surface area contributed by atoms with E-state index in [1.165, 1.54) is 0 Å². The van der Waals surface area contributed by atoms with E-state index in [2.05, 4.69) is 4.90 Å². The Hall–Kier alpha value is -2.21. The Morgan fingerprint density at radius 2 is 1.96 bits per heavy atom. The summed E-state index contributed by atoms with van der Waals surface area (Å²) in [5.41, 5.74) is -0.370. The van der Waals surface area contributed by atoms with Crippen molar-refractivity contribution in [2.24, 2.45) is 5.92 Å². The summed E-state index contributed by atoms with van der Waals surface area (Å²) < 4.78 is 17.0. The largest absolute Gasteiger partial charge is 0.461 e. The zero-order valence-electron chi connectivity index (χ0n) is 12.7. The zero-order valence-corrected chi connectivity index (χ0v) is 12.7. The fourth-order valence-electron chi connectivity index (χ4n) is 4.20. The third-order valence-corrected chi connectivity index (χ3v) is 5.38. The Bertz CT molecular complexity index is 730. The predicted octanol–water partition coefficient (Wildman–Crippen LogP) is 2.96. The number of hydrogen-bond acceptors (Lipinski definition) is 5. The maximum atomic E-state index is 12.4. The lowest BCUT2D eigenvalue weighted by molar-refractivity contribution is -0.0881. The van der Waals surface area contributed by atoms with Crippen LogP contribution in [-0.4, -0.2) is 42.8 Å². The van der Waals surface area contributed by atoms with E-state index < -0.39 is 0 Å². The van der Waals surface area contributed by atoms with Crippen LogP contribution in [0.4, 0.5) is 10.7 Å². The van der Waals surface area contributed by atoms with Gasteiger partial charge in [-0.2, -0.15) is 0 Å². The fourth-order valence-corrected chi connectivity index (χ4v) is 4.20. The van der Waals surface area contributed by atoms with E-state index in [9.17, 15) is 4.79 Å². The van der Waals surface area contributed by atoms with Crippen LogP contribution >= 0.6 is 0 Å².